The normalized spacial score (nSPS) is 13.0. The van der Waals surface area contributed by atoms with Crippen LogP contribution in [0.3, 0.4) is 0 Å². The molecule has 4 heteroatoms. The van der Waals surface area contributed by atoms with Gasteiger partial charge in [-0.1, -0.05) is 18.2 Å². The SMILES string of the molecule is CSC(=O)[C@H](N)CCCCN. The van der Waals surface area contributed by atoms with E-state index in [-0.39, 0.29) is 11.2 Å². The first-order valence-electron chi connectivity index (χ1n) is 3.76. The van der Waals surface area contributed by atoms with Gasteiger partial charge >= 0.3 is 0 Å². The molecular formula is C7H16N2OS. The van der Waals surface area contributed by atoms with E-state index in [1.54, 1.807) is 6.26 Å². The second-order valence-corrected chi connectivity index (χ2v) is 3.22. The summed E-state index contributed by atoms with van der Waals surface area (Å²) in [4.78, 5) is 10.9. The Hall–Kier alpha value is -0.0600. The van der Waals surface area contributed by atoms with E-state index in [2.05, 4.69) is 0 Å². The van der Waals surface area contributed by atoms with Gasteiger partial charge in [-0.05, 0) is 25.6 Å². The summed E-state index contributed by atoms with van der Waals surface area (Å²) in [6, 6.07) is -0.295. The lowest BCUT2D eigenvalue weighted by Gasteiger charge is -2.06. The Balaban J connectivity index is 3.36. The first-order valence-corrected chi connectivity index (χ1v) is 4.98. The monoisotopic (exact) mass is 176 g/mol. The quantitative estimate of drug-likeness (QED) is 0.592. The van der Waals surface area contributed by atoms with Crippen LogP contribution in [-0.2, 0) is 4.79 Å². The number of carbonyl (C=O) groups is 1. The molecule has 3 nitrogen and oxygen atoms in total. The van der Waals surface area contributed by atoms with Gasteiger partial charge < -0.3 is 11.5 Å². The van der Waals surface area contributed by atoms with Crippen LogP contribution in [0, 0.1) is 0 Å². The Morgan fingerprint density at radius 3 is 2.64 bits per heavy atom. The highest BCUT2D eigenvalue weighted by molar-refractivity contribution is 8.13. The standard InChI is InChI=1S/C7H16N2OS/c1-11-7(10)6(9)4-2-3-5-8/h6H,2-5,8-9H2,1H3/t6-/m1/s1. The highest BCUT2D eigenvalue weighted by Gasteiger charge is 2.10. The predicted molar refractivity (Wildman–Crippen MR) is 49.4 cm³/mol. The summed E-state index contributed by atoms with van der Waals surface area (Å²) in [6.45, 7) is 0.681. The molecule has 0 fully saturated rings. The number of hydrogen-bond donors (Lipinski definition) is 2. The molecule has 0 saturated heterocycles. The summed E-state index contributed by atoms with van der Waals surface area (Å²) in [7, 11) is 0. The first kappa shape index (κ1) is 10.9. The third-order valence-corrected chi connectivity index (χ3v) is 2.18. The van der Waals surface area contributed by atoms with Gasteiger partial charge in [0.05, 0.1) is 6.04 Å². The van der Waals surface area contributed by atoms with Gasteiger partial charge in [-0.3, -0.25) is 4.79 Å². The summed E-state index contributed by atoms with van der Waals surface area (Å²) in [5.74, 6) is 0. The maximum absolute atomic E-state index is 10.9. The molecule has 0 saturated carbocycles. The first-order chi connectivity index (χ1) is 5.22. The summed E-state index contributed by atoms with van der Waals surface area (Å²) >= 11 is 1.20. The summed E-state index contributed by atoms with van der Waals surface area (Å²) in [6.07, 6.45) is 4.42. The lowest BCUT2D eigenvalue weighted by atomic mass is 10.1. The van der Waals surface area contributed by atoms with Crippen molar-refractivity contribution in [3.05, 3.63) is 0 Å². The van der Waals surface area contributed by atoms with Crippen molar-refractivity contribution in [3.8, 4) is 0 Å². The van der Waals surface area contributed by atoms with E-state index in [0.717, 1.165) is 19.3 Å². The molecule has 0 aromatic heterocycles. The van der Waals surface area contributed by atoms with Crippen molar-refractivity contribution in [3.63, 3.8) is 0 Å². The molecule has 4 N–H and O–H groups in total. The molecule has 0 amide bonds. The molecule has 0 radical (unpaired) electrons. The summed E-state index contributed by atoms with van der Waals surface area (Å²) in [5, 5.41) is 0.0713. The van der Waals surface area contributed by atoms with Gasteiger partial charge in [-0.2, -0.15) is 0 Å². The number of hydrogen-bond acceptors (Lipinski definition) is 4. The van der Waals surface area contributed by atoms with Gasteiger partial charge in [0.15, 0.2) is 0 Å². The molecule has 11 heavy (non-hydrogen) atoms. The van der Waals surface area contributed by atoms with Gasteiger partial charge in [-0.25, -0.2) is 0 Å². The lowest BCUT2D eigenvalue weighted by Crippen LogP contribution is -2.27. The van der Waals surface area contributed by atoms with Crippen LogP contribution >= 0.6 is 11.8 Å². The second-order valence-electron chi connectivity index (χ2n) is 2.41. The van der Waals surface area contributed by atoms with E-state index in [4.69, 9.17) is 11.5 Å². The average molecular weight is 176 g/mol. The Morgan fingerprint density at radius 1 is 1.55 bits per heavy atom. The molecule has 0 rings (SSSR count). The van der Waals surface area contributed by atoms with Gasteiger partial charge in [-0.15, -0.1) is 0 Å². The molecule has 0 aromatic carbocycles. The highest BCUT2D eigenvalue weighted by atomic mass is 32.2. The molecule has 0 unspecified atom stereocenters. The maximum Gasteiger partial charge on any atom is 0.205 e. The lowest BCUT2D eigenvalue weighted by molar-refractivity contribution is -0.112. The number of rotatable bonds is 5. The van der Waals surface area contributed by atoms with Crippen molar-refractivity contribution < 1.29 is 4.79 Å². The topological polar surface area (TPSA) is 69.1 Å². The predicted octanol–water partition coefficient (Wildman–Crippen LogP) is 0.332. The van der Waals surface area contributed by atoms with E-state index in [0.29, 0.717) is 6.54 Å². The van der Waals surface area contributed by atoms with E-state index in [1.807, 2.05) is 0 Å². The maximum atomic E-state index is 10.9. The van der Waals surface area contributed by atoms with Crippen molar-refractivity contribution in [2.75, 3.05) is 12.8 Å². The molecular weight excluding hydrogens is 160 g/mol. The van der Waals surface area contributed by atoms with Crippen LogP contribution in [0.1, 0.15) is 19.3 Å². The van der Waals surface area contributed by atoms with Crippen LogP contribution in [0.4, 0.5) is 0 Å². The van der Waals surface area contributed by atoms with Crippen molar-refractivity contribution in [2.45, 2.75) is 25.3 Å². The minimum absolute atomic E-state index is 0.0713. The molecule has 0 bridgehead atoms. The van der Waals surface area contributed by atoms with Gasteiger partial charge in [0.1, 0.15) is 0 Å². The van der Waals surface area contributed by atoms with Gasteiger partial charge in [0, 0.05) is 0 Å². The fraction of sp³-hybridized carbons (Fsp3) is 0.857. The van der Waals surface area contributed by atoms with Gasteiger partial charge in [0.25, 0.3) is 0 Å². The third-order valence-electron chi connectivity index (χ3n) is 1.47. The van der Waals surface area contributed by atoms with Crippen LogP contribution in [0.15, 0.2) is 0 Å². The molecule has 0 aliphatic carbocycles. The zero-order valence-corrected chi connectivity index (χ0v) is 7.69. The minimum Gasteiger partial charge on any atom is -0.330 e. The van der Waals surface area contributed by atoms with E-state index in [1.165, 1.54) is 11.8 Å². The van der Waals surface area contributed by atoms with Crippen LogP contribution in [0.5, 0.6) is 0 Å². The molecule has 0 aliphatic rings. The molecule has 0 aromatic rings. The fourth-order valence-electron chi connectivity index (χ4n) is 0.778. The number of nitrogens with two attached hydrogens (primary N) is 2. The van der Waals surface area contributed by atoms with E-state index in [9.17, 15) is 4.79 Å². The summed E-state index contributed by atoms with van der Waals surface area (Å²) in [5.41, 5.74) is 10.8. The number of thioether (sulfide) groups is 1. The molecule has 66 valence electrons. The molecule has 0 spiro atoms. The van der Waals surface area contributed by atoms with Crippen molar-refractivity contribution in [1.29, 1.82) is 0 Å². The number of unbranched alkanes of at least 4 members (excludes halogenated alkanes) is 1. The van der Waals surface area contributed by atoms with Crippen molar-refractivity contribution >= 4 is 16.9 Å². The summed E-state index contributed by atoms with van der Waals surface area (Å²) < 4.78 is 0. The second kappa shape index (κ2) is 6.64. The van der Waals surface area contributed by atoms with Gasteiger partial charge in [0.2, 0.25) is 5.12 Å². The van der Waals surface area contributed by atoms with Crippen LogP contribution in [0.25, 0.3) is 0 Å². The van der Waals surface area contributed by atoms with Crippen LogP contribution in [-0.4, -0.2) is 24.0 Å². The van der Waals surface area contributed by atoms with Crippen molar-refractivity contribution in [1.82, 2.24) is 0 Å². The Bertz CT molecular complexity index is 119. The molecule has 1 atom stereocenters. The zero-order valence-electron chi connectivity index (χ0n) is 6.88. The molecule has 0 heterocycles. The highest BCUT2D eigenvalue weighted by Crippen LogP contribution is 2.05. The smallest absolute Gasteiger partial charge is 0.205 e. The van der Waals surface area contributed by atoms with Crippen molar-refractivity contribution in [2.24, 2.45) is 11.5 Å². The Labute approximate surface area is 71.9 Å². The number of carbonyl (C=O) groups excluding carboxylic acids is 1. The minimum atomic E-state index is -0.295. The van der Waals surface area contributed by atoms with E-state index < -0.39 is 0 Å². The zero-order chi connectivity index (χ0) is 8.69. The Kier molecular flexibility index (Phi) is 6.60. The van der Waals surface area contributed by atoms with Crippen LogP contribution < -0.4 is 11.5 Å². The largest absolute Gasteiger partial charge is 0.330 e. The third kappa shape index (κ3) is 5.24. The average Bonchev–Trinajstić information content (AvgIpc) is 2.03. The van der Waals surface area contributed by atoms with E-state index >= 15 is 0 Å². The molecule has 0 aliphatic heterocycles. The van der Waals surface area contributed by atoms with Crippen LogP contribution in [0.2, 0.25) is 0 Å². The fourth-order valence-corrected chi connectivity index (χ4v) is 1.20. The Morgan fingerprint density at radius 2 is 2.18 bits per heavy atom.